The third-order valence-electron chi connectivity index (χ3n) is 5.85. The Labute approximate surface area is 181 Å². The molecule has 4 rings (SSSR count). The van der Waals surface area contributed by atoms with Crippen molar-refractivity contribution in [1.29, 1.82) is 0 Å². The summed E-state index contributed by atoms with van der Waals surface area (Å²) in [6.07, 6.45) is 3.75. The van der Waals surface area contributed by atoms with Crippen molar-refractivity contribution in [3.63, 3.8) is 0 Å². The van der Waals surface area contributed by atoms with Gasteiger partial charge in [0.15, 0.2) is 6.61 Å². The van der Waals surface area contributed by atoms with Gasteiger partial charge in [-0.05, 0) is 74.0 Å². The standard InChI is InChI=1S/C23H29N3O3S/c27-22(17-29-20-7-5-19(6-8-20)26-11-1-4-23(26)28)24-15-18-9-12-25(13-10-18)16-21-3-2-14-30-21/h2-3,5-8,14,18H,1,4,9-13,15-17H2,(H,24,27). The van der Waals surface area contributed by atoms with Gasteiger partial charge in [-0.3, -0.25) is 14.5 Å². The summed E-state index contributed by atoms with van der Waals surface area (Å²) in [6.45, 7) is 4.70. The largest absolute Gasteiger partial charge is 0.484 e. The van der Waals surface area contributed by atoms with E-state index in [9.17, 15) is 9.59 Å². The van der Waals surface area contributed by atoms with Gasteiger partial charge < -0.3 is 15.0 Å². The first-order chi connectivity index (χ1) is 14.7. The number of thiophene rings is 1. The Bertz CT molecular complexity index is 830. The second-order valence-corrected chi connectivity index (χ2v) is 9.07. The predicted molar refractivity (Wildman–Crippen MR) is 119 cm³/mol. The first-order valence-corrected chi connectivity index (χ1v) is 11.6. The van der Waals surface area contributed by atoms with Crippen molar-refractivity contribution in [1.82, 2.24) is 10.2 Å². The van der Waals surface area contributed by atoms with E-state index in [4.69, 9.17) is 4.74 Å². The fraction of sp³-hybridized carbons (Fsp3) is 0.478. The van der Waals surface area contributed by atoms with Crippen LogP contribution in [0.25, 0.3) is 0 Å². The molecule has 160 valence electrons. The number of piperidine rings is 1. The monoisotopic (exact) mass is 427 g/mol. The number of anilines is 1. The summed E-state index contributed by atoms with van der Waals surface area (Å²) >= 11 is 1.81. The van der Waals surface area contributed by atoms with E-state index < -0.39 is 0 Å². The Hall–Kier alpha value is -2.38. The summed E-state index contributed by atoms with van der Waals surface area (Å²) < 4.78 is 5.61. The highest BCUT2D eigenvalue weighted by molar-refractivity contribution is 7.09. The lowest BCUT2D eigenvalue weighted by molar-refractivity contribution is -0.123. The number of rotatable bonds is 8. The maximum atomic E-state index is 12.2. The zero-order valence-corrected chi connectivity index (χ0v) is 18.0. The van der Waals surface area contributed by atoms with Crippen LogP contribution in [0.1, 0.15) is 30.6 Å². The van der Waals surface area contributed by atoms with E-state index in [1.807, 2.05) is 35.6 Å². The number of ether oxygens (including phenoxy) is 1. The van der Waals surface area contributed by atoms with E-state index in [1.165, 1.54) is 4.88 Å². The molecule has 2 fully saturated rings. The van der Waals surface area contributed by atoms with E-state index in [0.29, 0.717) is 24.6 Å². The molecule has 0 atom stereocenters. The molecule has 0 aliphatic carbocycles. The van der Waals surface area contributed by atoms with Crippen molar-refractivity contribution >= 4 is 28.8 Å². The normalized spacial score (nSPS) is 18.0. The highest BCUT2D eigenvalue weighted by Gasteiger charge is 2.22. The van der Waals surface area contributed by atoms with Gasteiger partial charge in [0, 0.05) is 36.6 Å². The summed E-state index contributed by atoms with van der Waals surface area (Å²) in [5, 5.41) is 5.14. The molecule has 0 radical (unpaired) electrons. The zero-order chi connectivity index (χ0) is 20.8. The summed E-state index contributed by atoms with van der Waals surface area (Å²) in [5.41, 5.74) is 0.889. The molecule has 2 aliphatic rings. The number of amides is 2. The quantitative estimate of drug-likeness (QED) is 0.702. The molecule has 6 nitrogen and oxygen atoms in total. The lowest BCUT2D eigenvalue weighted by Crippen LogP contribution is -2.39. The molecule has 1 aromatic heterocycles. The molecule has 2 aromatic rings. The van der Waals surface area contributed by atoms with Crippen LogP contribution in [0.15, 0.2) is 41.8 Å². The second-order valence-electron chi connectivity index (χ2n) is 8.03. The maximum absolute atomic E-state index is 12.2. The van der Waals surface area contributed by atoms with Crippen LogP contribution in [0.2, 0.25) is 0 Å². The lowest BCUT2D eigenvalue weighted by Gasteiger charge is -2.31. The molecule has 0 saturated carbocycles. The first kappa shape index (κ1) is 20.9. The van der Waals surface area contributed by atoms with E-state index in [2.05, 4.69) is 27.7 Å². The minimum atomic E-state index is -0.0881. The molecular formula is C23H29N3O3S. The molecule has 30 heavy (non-hydrogen) atoms. The average Bonchev–Trinajstić information content (AvgIpc) is 3.44. The number of benzene rings is 1. The molecule has 0 spiro atoms. The van der Waals surface area contributed by atoms with Gasteiger partial charge in [-0.1, -0.05) is 6.07 Å². The van der Waals surface area contributed by atoms with Crippen LogP contribution in [0.3, 0.4) is 0 Å². The summed E-state index contributed by atoms with van der Waals surface area (Å²) in [6, 6.07) is 11.7. The molecule has 0 unspecified atom stereocenters. The van der Waals surface area contributed by atoms with E-state index in [1.54, 1.807) is 4.90 Å². The van der Waals surface area contributed by atoms with Gasteiger partial charge >= 0.3 is 0 Å². The molecular weight excluding hydrogens is 398 g/mol. The lowest BCUT2D eigenvalue weighted by atomic mass is 9.97. The van der Waals surface area contributed by atoms with Crippen LogP contribution in [-0.2, 0) is 16.1 Å². The number of nitrogens with one attached hydrogen (secondary N) is 1. The van der Waals surface area contributed by atoms with Gasteiger partial charge in [-0.15, -0.1) is 11.3 Å². The van der Waals surface area contributed by atoms with Gasteiger partial charge in [0.1, 0.15) is 5.75 Å². The molecule has 2 aliphatic heterocycles. The van der Waals surface area contributed by atoms with Crippen LogP contribution in [-0.4, -0.2) is 49.5 Å². The van der Waals surface area contributed by atoms with E-state index in [-0.39, 0.29) is 18.4 Å². The second kappa shape index (κ2) is 10.1. The van der Waals surface area contributed by atoms with Gasteiger partial charge in [-0.25, -0.2) is 0 Å². The Morgan fingerprint density at radius 2 is 1.93 bits per heavy atom. The number of carbonyl (C=O) groups excluding carboxylic acids is 2. The molecule has 2 saturated heterocycles. The fourth-order valence-corrected chi connectivity index (χ4v) is 4.82. The van der Waals surface area contributed by atoms with Crippen LogP contribution in [0, 0.1) is 5.92 Å². The van der Waals surface area contributed by atoms with Crippen LogP contribution in [0.4, 0.5) is 5.69 Å². The van der Waals surface area contributed by atoms with Gasteiger partial charge in [0.05, 0.1) is 0 Å². The van der Waals surface area contributed by atoms with Crippen molar-refractivity contribution in [2.45, 2.75) is 32.2 Å². The highest BCUT2D eigenvalue weighted by Crippen LogP contribution is 2.24. The summed E-state index contributed by atoms with van der Waals surface area (Å²) in [7, 11) is 0. The number of hydrogen-bond donors (Lipinski definition) is 1. The summed E-state index contributed by atoms with van der Waals surface area (Å²) in [5.74, 6) is 1.25. The van der Waals surface area contributed by atoms with Crippen LogP contribution < -0.4 is 15.0 Å². The first-order valence-electron chi connectivity index (χ1n) is 10.7. The third kappa shape index (κ3) is 5.61. The Morgan fingerprint density at radius 3 is 2.60 bits per heavy atom. The SMILES string of the molecule is O=C(COc1ccc(N2CCCC2=O)cc1)NCC1CCN(Cc2cccs2)CC1. The molecule has 7 heteroatoms. The van der Waals surface area contributed by atoms with Crippen LogP contribution in [0.5, 0.6) is 5.75 Å². The summed E-state index contributed by atoms with van der Waals surface area (Å²) in [4.78, 5) is 29.7. The maximum Gasteiger partial charge on any atom is 0.257 e. The molecule has 2 amide bonds. The topological polar surface area (TPSA) is 61.9 Å². The highest BCUT2D eigenvalue weighted by atomic mass is 32.1. The predicted octanol–water partition coefficient (Wildman–Crippen LogP) is 3.28. The Morgan fingerprint density at radius 1 is 1.13 bits per heavy atom. The third-order valence-corrected chi connectivity index (χ3v) is 6.71. The molecule has 0 bridgehead atoms. The van der Waals surface area contributed by atoms with Gasteiger partial charge in [-0.2, -0.15) is 0 Å². The molecule has 1 N–H and O–H groups in total. The van der Waals surface area contributed by atoms with Crippen molar-refractivity contribution in [3.8, 4) is 5.75 Å². The fourth-order valence-electron chi connectivity index (χ4n) is 4.07. The van der Waals surface area contributed by atoms with Crippen LogP contribution >= 0.6 is 11.3 Å². The van der Waals surface area contributed by atoms with Crippen molar-refractivity contribution in [3.05, 3.63) is 46.7 Å². The van der Waals surface area contributed by atoms with E-state index >= 15 is 0 Å². The van der Waals surface area contributed by atoms with Crippen molar-refractivity contribution in [2.24, 2.45) is 5.92 Å². The number of carbonyl (C=O) groups is 2. The van der Waals surface area contributed by atoms with Gasteiger partial charge in [0.2, 0.25) is 5.91 Å². The minimum Gasteiger partial charge on any atom is -0.484 e. The zero-order valence-electron chi connectivity index (χ0n) is 17.2. The van der Waals surface area contributed by atoms with Crippen molar-refractivity contribution < 1.29 is 14.3 Å². The number of likely N-dealkylation sites (tertiary alicyclic amines) is 1. The Balaban J connectivity index is 1.13. The number of nitrogens with zero attached hydrogens (tertiary/aromatic N) is 2. The van der Waals surface area contributed by atoms with Gasteiger partial charge in [0.25, 0.3) is 5.91 Å². The minimum absolute atomic E-state index is 0.0131. The average molecular weight is 428 g/mol. The Kier molecular flexibility index (Phi) is 7.02. The van der Waals surface area contributed by atoms with E-state index in [0.717, 1.165) is 51.1 Å². The molecule has 3 heterocycles. The number of hydrogen-bond acceptors (Lipinski definition) is 5. The van der Waals surface area contributed by atoms with Crippen molar-refractivity contribution in [2.75, 3.05) is 37.7 Å². The smallest absolute Gasteiger partial charge is 0.257 e. The molecule has 1 aromatic carbocycles.